The van der Waals surface area contributed by atoms with Crippen molar-refractivity contribution in [3.63, 3.8) is 0 Å². The average molecular weight is 449 g/mol. The summed E-state index contributed by atoms with van der Waals surface area (Å²) in [7, 11) is 0. The van der Waals surface area contributed by atoms with E-state index in [-0.39, 0.29) is 17.1 Å². The van der Waals surface area contributed by atoms with Crippen LogP contribution in [0.5, 0.6) is 0 Å². The van der Waals surface area contributed by atoms with Crippen LogP contribution in [0, 0.1) is 0 Å². The fourth-order valence-corrected chi connectivity index (χ4v) is 4.28. The second kappa shape index (κ2) is 9.44. The van der Waals surface area contributed by atoms with Gasteiger partial charge < -0.3 is 15.0 Å². The standard InChI is InChI=1S/C25H24N2O4S/c1-2-31-25(30)17-9-11-20(12-10-17)26-23(28)22-14-21(32)15-27(22)24(29)19-8-7-16-5-3-4-6-18(16)13-19/h3-13,21-22,32H,2,14-15H2,1H3,(H,26,28). The minimum atomic E-state index is -0.624. The summed E-state index contributed by atoms with van der Waals surface area (Å²) in [6.07, 6.45) is 0.467. The number of carbonyl (C=O) groups excluding carboxylic acids is 3. The molecule has 0 radical (unpaired) electrons. The van der Waals surface area contributed by atoms with Crippen LogP contribution in [-0.2, 0) is 9.53 Å². The highest BCUT2D eigenvalue weighted by Gasteiger charge is 2.38. The molecule has 7 heteroatoms. The topological polar surface area (TPSA) is 75.7 Å². The minimum absolute atomic E-state index is 0.0821. The van der Waals surface area contributed by atoms with Gasteiger partial charge in [0.2, 0.25) is 5.91 Å². The monoisotopic (exact) mass is 448 g/mol. The van der Waals surface area contributed by atoms with Crippen LogP contribution in [0.1, 0.15) is 34.1 Å². The van der Waals surface area contributed by atoms with Gasteiger partial charge in [-0.2, -0.15) is 12.6 Å². The average Bonchev–Trinajstić information content (AvgIpc) is 3.20. The van der Waals surface area contributed by atoms with Crippen LogP contribution in [0.4, 0.5) is 5.69 Å². The Morgan fingerprint density at radius 1 is 1.00 bits per heavy atom. The van der Waals surface area contributed by atoms with E-state index in [4.69, 9.17) is 4.74 Å². The van der Waals surface area contributed by atoms with Gasteiger partial charge in [0, 0.05) is 23.0 Å². The van der Waals surface area contributed by atoms with E-state index in [2.05, 4.69) is 17.9 Å². The first-order chi connectivity index (χ1) is 15.5. The molecule has 1 saturated heterocycles. The van der Waals surface area contributed by atoms with Crippen LogP contribution in [0.15, 0.2) is 66.7 Å². The van der Waals surface area contributed by atoms with Crippen LogP contribution in [0.3, 0.4) is 0 Å². The van der Waals surface area contributed by atoms with E-state index in [1.165, 1.54) is 0 Å². The van der Waals surface area contributed by atoms with E-state index in [1.54, 1.807) is 42.2 Å². The summed E-state index contributed by atoms with van der Waals surface area (Å²) >= 11 is 4.53. The summed E-state index contributed by atoms with van der Waals surface area (Å²) < 4.78 is 4.97. The maximum absolute atomic E-state index is 13.2. The second-order valence-corrected chi connectivity index (χ2v) is 8.44. The molecular formula is C25H24N2O4S. The van der Waals surface area contributed by atoms with E-state index in [9.17, 15) is 14.4 Å². The molecule has 1 heterocycles. The predicted molar refractivity (Wildman–Crippen MR) is 127 cm³/mol. The van der Waals surface area contributed by atoms with E-state index >= 15 is 0 Å². The molecule has 4 rings (SSSR count). The first-order valence-corrected chi connectivity index (χ1v) is 11.0. The molecular weight excluding hydrogens is 424 g/mol. The lowest BCUT2D eigenvalue weighted by Gasteiger charge is -2.24. The summed E-state index contributed by atoms with van der Waals surface area (Å²) in [6, 6.07) is 19.3. The number of nitrogens with one attached hydrogen (secondary N) is 1. The Morgan fingerprint density at radius 3 is 2.41 bits per heavy atom. The van der Waals surface area contributed by atoms with Crippen molar-refractivity contribution in [1.29, 1.82) is 0 Å². The third kappa shape index (κ3) is 4.62. The Morgan fingerprint density at radius 2 is 1.69 bits per heavy atom. The fourth-order valence-electron chi connectivity index (χ4n) is 3.90. The number of hydrogen-bond donors (Lipinski definition) is 2. The number of nitrogens with zero attached hydrogens (tertiary/aromatic N) is 1. The Kier molecular flexibility index (Phi) is 6.46. The number of amides is 2. The number of benzene rings is 3. The van der Waals surface area contributed by atoms with Gasteiger partial charge in [-0.05, 0) is 60.5 Å². The van der Waals surface area contributed by atoms with Crippen LogP contribution >= 0.6 is 12.6 Å². The molecule has 0 bridgehead atoms. The molecule has 1 aliphatic rings. The fraction of sp³-hybridized carbons (Fsp3) is 0.240. The van der Waals surface area contributed by atoms with Crippen LogP contribution in [0.2, 0.25) is 0 Å². The Bertz CT molecular complexity index is 1160. The number of rotatable bonds is 5. The molecule has 0 spiro atoms. The third-order valence-corrected chi connectivity index (χ3v) is 5.88. The summed E-state index contributed by atoms with van der Waals surface area (Å²) in [6.45, 7) is 2.44. The Labute approximate surface area is 192 Å². The SMILES string of the molecule is CCOC(=O)c1ccc(NC(=O)C2CC(S)CN2C(=O)c2ccc3ccccc3c2)cc1. The maximum Gasteiger partial charge on any atom is 0.338 e. The lowest BCUT2D eigenvalue weighted by Crippen LogP contribution is -2.43. The largest absolute Gasteiger partial charge is 0.462 e. The van der Waals surface area contributed by atoms with Gasteiger partial charge in [0.05, 0.1) is 12.2 Å². The summed E-state index contributed by atoms with van der Waals surface area (Å²) in [5, 5.41) is 4.80. The number of likely N-dealkylation sites (tertiary alicyclic amines) is 1. The van der Waals surface area contributed by atoms with Gasteiger partial charge in [-0.25, -0.2) is 4.79 Å². The van der Waals surface area contributed by atoms with E-state index < -0.39 is 12.0 Å². The number of carbonyl (C=O) groups is 3. The van der Waals surface area contributed by atoms with Gasteiger partial charge in [-0.15, -0.1) is 0 Å². The molecule has 2 atom stereocenters. The highest BCUT2D eigenvalue weighted by atomic mass is 32.1. The molecule has 32 heavy (non-hydrogen) atoms. The van der Waals surface area contributed by atoms with Gasteiger partial charge in [0.1, 0.15) is 6.04 Å². The van der Waals surface area contributed by atoms with Crippen LogP contribution < -0.4 is 5.32 Å². The van der Waals surface area contributed by atoms with Crippen molar-refractivity contribution >= 4 is 46.9 Å². The normalized spacial score (nSPS) is 17.9. The predicted octanol–water partition coefficient (Wildman–Crippen LogP) is 4.17. The lowest BCUT2D eigenvalue weighted by molar-refractivity contribution is -0.119. The lowest BCUT2D eigenvalue weighted by atomic mass is 10.1. The molecule has 2 unspecified atom stereocenters. The zero-order valence-corrected chi connectivity index (χ0v) is 18.5. The number of hydrogen-bond acceptors (Lipinski definition) is 5. The van der Waals surface area contributed by atoms with Crippen LogP contribution in [-0.4, -0.2) is 47.1 Å². The van der Waals surface area contributed by atoms with Gasteiger partial charge in [-0.1, -0.05) is 30.3 Å². The van der Waals surface area contributed by atoms with Crippen molar-refractivity contribution in [3.8, 4) is 0 Å². The molecule has 2 amide bonds. The number of fused-ring (bicyclic) bond motifs is 1. The van der Waals surface area contributed by atoms with Gasteiger partial charge in [0.25, 0.3) is 5.91 Å². The minimum Gasteiger partial charge on any atom is -0.462 e. The number of esters is 1. The Hall–Kier alpha value is -3.32. The molecule has 3 aromatic carbocycles. The number of anilines is 1. The molecule has 1 fully saturated rings. The maximum atomic E-state index is 13.2. The van der Waals surface area contributed by atoms with Crippen molar-refractivity contribution in [2.45, 2.75) is 24.6 Å². The molecule has 6 nitrogen and oxygen atoms in total. The second-order valence-electron chi connectivity index (χ2n) is 7.71. The summed E-state index contributed by atoms with van der Waals surface area (Å²) in [5.74, 6) is -0.879. The van der Waals surface area contributed by atoms with Crippen LogP contribution in [0.25, 0.3) is 10.8 Å². The van der Waals surface area contributed by atoms with E-state index in [0.717, 1.165) is 10.8 Å². The van der Waals surface area contributed by atoms with E-state index in [1.807, 2.05) is 36.4 Å². The van der Waals surface area contributed by atoms with Crippen molar-refractivity contribution in [2.24, 2.45) is 0 Å². The smallest absolute Gasteiger partial charge is 0.338 e. The number of thiol groups is 1. The zero-order valence-electron chi connectivity index (χ0n) is 17.7. The molecule has 1 aliphatic heterocycles. The summed E-state index contributed by atoms with van der Waals surface area (Å²) in [5.41, 5.74) is 1.50. The third-order valence-electron chi connectivity index (χ3n) is 5.50. The Balaban J connectivity index is 1.49. The number of ether oxygens (including phenoxy) is 1. The van der Waals surface area contributed by atoms with Gasteiger partial charge in [0.15, 0.2) is 0 Å². The molecule has 164 valence electrons. The molecule has 0 aromatic heterocycles. The van der Waals surface area contributed by atoms with Crippen molar-refractivity contribution in [2.75, 3.05) is 18.5 Å². The first kappa shape index (κ1) is 21.9. The van der Waals surface area contributed by atoms with Crippen molar-refractivity contribution in [3.05, 3.63) is 77.9 Å². The summed E-state index contributed by atoms with van der Waals surface area (Å²) in [4.78, 5) is 39.6. The van der Waals surface area contributed by atoms with Gasteiger partial charge >= 0.3 is 5.97 Å². The first-order valence-electron chi connectivity index (χ1n) is 10.5. The highest BCUT2D eigenvalue weighted by molar-refractivity contribution is 7.81. The zero-order chi connectivity index (χ0) is 22.7. The molecule has 3 aromatic rings. The molecule has 0 aliphatic carbocycles. The van der Waals surface area contributed by atoms with Crippen molar-refractivity contribution in [1.82, 2.24) is 4.90 Å². The highest BCUT2D eigenvalue weighted by Crippen LogP contribution is 2.26. The quantitative estimate of drug-likeness (QED) is 0.454. The van der Waals surface area contributed by atoms with Gasteiger partial charge in [-0.3, -0.25) is 9.59 Å². The molecule has 0 saturated carbocycles. The molecule has 1 N–H and O–H groups in total. The van der Waals surface area contributed by atoms with Crippen molar-refractivity contribution < 1.29 is 19.1 Å². The van der Waals surface area contributed by atoms with E-state index in [0.29, 0.717) is 36.4 Å².